The van der Waals surface area contributed by atoms with Gasteiger partial charge in [-0.1, -0.05) is 0 Å². The third-order valence-electron chi connectivity index (χ3n) is 4.10. The Labute approximate surface area is 168 Å². The Kier molecular flexibility index (Phi) is 6.62. The second kappa shape index (κ2) is 9.54. The van der Waals surface area contributed by atoms with Crippen molar-refractivity contribution in [1.29, 1.82) is 0 Å². The highest BCUT2D eigenvalue weighted by atomic mass is 16.6. The molecule has 0 saturated heterocycles. The smallest absolute Gasteiger partial charge is 0.269 e. The van der Waals surface area contributed by atoms with Gasteiger partial charge in [-0.05, 0) is 38.1 Å². The number of H-pyrrole nitrogens is 1. The first-order valence-electron chi connectivity index (χ1n) is 9.40. The maximum atomic E-state index is 10.7. The molecule has 2 N–H and O–H groups in total. The van der Waals surface area contributed by atoms with Crippen molar-refractivity contribution >= 4 is 11.4 Å². The van der Waals surface area contributed by atoms with Crippen molar-refractivity contribution in [3.05, 3.63) is 58.4 Å². The van der Waals surface area contributed by atoms with E-state index in [0.717, 1.165) is 22.8 Å². The van der Waals surface area contributed by atoms with Crippen LogP contribution in [0.1, 0.15) is 19.7 Å². The average molecular weight is 397 g/mol. The number of benzene rings is 2. The maximum absolute atomic E-state index is 10.7. The minimum absolute atomic E-state index is 0.0375. The minimum atomic E-state index is -0.434. The molecule has 3 aromatic rings. The third-order valence-corrected chi connectivity index (χ3v) is 4.10. The average Bonchev–Trinajstić information content (AvgIpc) is 3.19. The Morgan fingerprint density at radius 3 is 2.48 bits per heavy atom. The summed E-state index contributed by atoms with van der Waals surface area (Å²) in [7, 11) is 0. The van der Waals surface area contributed by atoms with Gasteiger partial charge in [0.15, 0.2) is 17.3 Å². The molecule has 0 fully saturated rings. The van der Waals surface area contributed by atoms with Gasteiger partial charge in [-0.2, -0.15) is 5.10 Å². The van der Waals surface area contributed by atoms with Gasteiger partial charge >= 0.3 is 0 Å². The topological polar surface area (TPSA) is 115 Å². The molecule has 0 aliphatic rings. The number of nitrogens with one attached hydrogen (secondary N) is 2. The lowest BCUT2D eigenvalue weighted by atomic mass is 10.2. The summed E-state index contributed by atoms with van der Waals surface area (Å²) in [6, 6.07) is 11.9. The minimum Gasteiger partial charge on any atom is -0.490 e. The third kappa shape index (κ3) is 5.22. The number of rotatable bonds is 10. The van der Waals surface area contributed by atoms with Crippen molar-refractivity contribution in [2.45, 2.75) is 20.3 Å². The largest absolute Gasteiger partial charge is 0.490 e. The Morgan fingerprint density at radius 1 is 1.07 bits per heavy atom. The monoisotopic (exact) mass is 397 g/mol. The molecule has 3 rings (SSSR count). The van der Waals surface area contributed by atoms with E-state index < -0.39 is 4.92 Å². The second-order valence-corrected chi connectivity index (χ2v) is 6.11. The predicted octanol–water partition coefficient (Wildman–Crippen LogP) is 3.83. The molecule has 9 nitrogen and oxygen atoms in total. The Bertz CT molecular complexity index is 956. The summed E-state index contributed by atoms with van der Waals surface area (Å²) >= 11 is 0. The first kappa shape index (κ1) is 20.1. The van der Waals surface area contributed by atoms with Crippen LogP contribution >= 0.6 is 0 Å². The van der Waals surface area contributed by atoms with Crippen LogP contribution in [0.3, 0.4) is 0 Å². The molecule has 2 aromatic carbocycles. The van der Waals surface area contributed by atoms with Crippen molar-refractivity contribution in [3.8, 4) is 22.9 Å². The van der Waals surface area contributed by atoms with Crippen LogP contribution in [-0.4, -0.2) is 39.9 Å². The van der Waals surface area contributed by atoms with Crippen molar-refractivity contribution in [3.63, 3.8) is 0 Å². The van der Waals surface area contributed by atoms with Crippen molar-refractivity contribution in [2.75, 3.05) is 25.1 Å². The summed E-state index contributed by atoms with van der Waals surface area (Å²) in [5.41, 5.74) is 1.68. The van der Waals surface area contributed by atoms with Crippen LogP contribution in [0.5, 0.6) is 11.5 Å². The molecule has 152 valence electrons. The van der Waals surface area contributed by atoms with Gasteiger partial charge in [-0.3, -0.25) is 15.2 Å². The van der Waals surface area contributed by atoms with Gasteiger partial charge < -0.3 is 14.8 Å². The molecule has 0 aliphatic heterocycles. The number of anilines is 1. The summed E-state index contributed by atoms with van der Waals surface area (Å²) in [5, 5.41) is 21.2. The number of aromatic nitrogens is 3. The van der Waals surface area contributed by atoms with Gasteiger partial charge in [0.25, 0.3) is 5.69 Å². The van der Waals surface area contributed by atoms with Crippen LogP contribution < -0.4 is 14.8 Å². The molecule has 9 heteroatoms. The van der Waals surface area contributed by atoms with Gasteiger partial charge in [0.2, 0.25) is 0 Å². The second-order valence-electron chi connectivity index (χ2n) is 6.11. The van der Waals surface area contributed by atoms with Crippen LogP contribution in [0, 0.1) is 10.1 Å². The van der Waals surface area contributed by atoms with Gasteiger partial charge in [0.05, 0.1) is 18.1 Å². The summed E-state index contributed by atoms with van der Waals surface area (Å²) < 4.78 is 11.2. The summed E-state index contributed by atoms with van der Waals surface area (Å²) in [6.07, 6.45) is 0.636. The van der Waals surface area contributed by atoms with E-state index in [9.17, 15) is 10.1 Å². The lowest BCUT2D eigenvalue weighted by molar-refractivity contribution is -0.384. The fourth-order valence-corrected chi connectivity index (χ4v) is 2.75. The van der Waals surface area contributed by atoms with Crippen LogP contribution in [0.2, 0.25) is 0 Å². The SMILES string of the molecule is CCOc1ccc(NCCc2nc(-c3ccc([N+](=O)[O-])cc3)n[nH]2)cc1OCC. The number of nitro groups is 1. The van der Waals surface area contributed by atoms with E-state index in [-0.39, 0.29) is 5.69 Å². The van der Waals surface area contributed by atoms with Crippen LogP contribution in [0.4, 0.5) is 11.4 Å². The summed E-state index contributed by atoms with van der Waals surface area (Å²) in [4.78, 5) is 14.8. The van der Waals surface area contributed by atoms with E-state index in [1.54, 1.807) is 12.1 Å². The zero-order valence-electron chi connectivity index (χ0n) is 16.3. The van der Waals surface area contributed by atoms with E-state index >= 15 is 0 Å². The number of ether oxygens (including phenoxy) is 2. The highest BCUT2D eigenvalue weighted by molar-refractivity contribution is 5.57. The number of hydrogen-bond donors (Lipinski definition) is 2. The Balaban J connectivity index is 1.58. The van der Waals surface area contributed by atoms with E-state index in [1.807, 2.05) is 32.0 Å². The highest BCUT2D eigenvalue weighted by Crippen LogP contribution is 2.30. The van der Waals surface area contributed by atoms with Gasteiger partial charge in [-0.15, -0.1) is 0 Å². The van der Waals surface area contributed by atoms with Crippen molar-refractivity contribution in [1.82, 2.24) is 15.2 Å². The molecule has 0 amide bonds. The number of nitro benzene ring substituents is 1. The van der Waals surface area contributed by atoms with E-state index in [1.165, 1.54) is 12.1 Å². The first-order valence-corrected chi connectivity index (χ1v) is 9.40. The first-order chi connectivity index (χ1) is 14.1. The van der Waals surface area contributed by atoms with Crippen LogP contribution in [-0.2, 0) is 6.42 Å². The van der Waals surface area contributed by atoms with Crippen LogP contribution in [0.15, 0.2) is 42.5 Å². The van der Waals surface area contributed by atoms with E-state index in [0.29, 0.717) is 37.8 Å². The zero-order valence-corrected chi connectivity index (χ0v) is 16.3. The van der Waals surface area contributed by atoms with Crippen molar-refractivity contribution in [2.24, 2.45) is 0 Å². The summed E-state index contributed by atoms with van der Waals surface area (Å²) in [6.45, 7) is 5.66. The van der Waals surface area contributed by atoms with Gasteiger partial charge in [-0.25, -0.2) is 4.98 Å². The molecule has 0 spiro atoms. The lowest BCUT2D eigenvalue weighted by Gasteiger charge is -2.13. The number of hydrogen-bond acceptors (Lipinski definition) is 7. The fraction of sp³-hybridized carbons (Fsp3) is 0.300. The van der Waals surface area contributed by atoms with Crippen molar-refractivity contribution < 1.29 is 14.4 Å². The standard InChI is InChI=1S/C20H23N5O4/c1-3-28-17-10-7-15(13-18(17)29-4-2)21-12-11-19-22-20(24-23-19)14-5-8-16(9-6-14)25(26)27/h5-10,13,21H,3-4,11-12H2,1-2H3,(H,22,23,24). The summed E-state index contributed by atoms with van der Waals surface area (Å²) in [5.74, 6) is 2.67. The normalized spacial score (nSPS) is 10.6. The molecule has 0 atom stereocenters. The quantitative estimate of drug-likeness (QED) is 0.394. The molecule has 29 heavy (non-hydrogen) atoms. The van der Waals surface area contributed by atoms with E-state index in [4.69, 9.17) is 9.47 Å². The van der Waals surface area contributed by atoms with E-state index in [2.05, 4.69) is 20.5 Å². The number of nitrogens with zero attached hydrogens (tertiary/aromatic N) is 3. The maximum Gasteiger partial charge on any atom is 0.269 e. The van der Waals surface area contributed by atoms with Gasteiger partial charge in [0.1, 0.15) is 5.82 Å². The fourth-order valence-electron chi connectivity index (χ4n) is 2.75. The highest BCUT2D eigenvalue weighted by Gasteiger charge is 2.10. The Hall–Kier alpha value is -3.62. The molecule has 0 aliphatic carbocycles. The molecule has 0 bridgehead atoms. The molecular formula is C20H23N5O4. The number of aromatic amines is 1. The lowest BCUT2D eigenvalue weighted by Crippen LogP contribution is -2.07. The molecular weight excluding hydrogens is 374 g/mol. The molecule has 1 aromatic heterocycles. The molecule has 0 saturated carbocycles. The van der Waals surface area contributed by atoms with Crippen LogP contribution in [0.25, 0.3) is 11.4 Å². The Morgan fingerprint density at radius 2 is 1.79 bits per heavy atom. The number of non-ortho nitro benzene ring substituents is 1. The molecule has 1 heterocycles. The zero-order chi connectivity index (χ0) is 20.6. The molecule has 0 unspecified atom stereocenters. The molecule has 0 radical (unpaired) electrons. The van der Waals surface area contributed by atoms with Gasteiger partial charge in [0, 0.05) is 42.4 Å². The predicted molar refractivity (Wildman–Crippen MR) is 109 cm³/mol.